The molecule has 0 aromatic carbocycles. The van der Waals surface area contributed by atoms with Crippen LogP contribution in [-0.2, 0) is 0 Å². The van der Waals surface area contributed by atoms with Crippen molar-refractivity contribution in [3.8, 4) is 0 Å². The Morgan fingerprint density at radius 2 is 2.35 bits per heavy atom. The number of pyridine rings is 1. The molecule has 0 radical (unpaired) electrons. The van der Waals surface area contributed by atoms with E-state index in [1.54, 1.807) is 6.20 Å². The minimum Gasteiger partial charge on any atom is -0.345 e. The smallest absolute Gasteiger partial charge is 0.168 e. The van der Waals surface area contributed by atoms with Gasteiger partial charge in [-0.2, -0.15) is 0 Å². The molecule has 3 heteroatoms. The summed E-state index contributed by atoms with van der Waals surface area (Å²) in [6, 6.07) is 3.84. The quantitative estimate of drug-likeness (QED) is 0.802. The van der Waals surface area contributed by atoms with E-state index in [4.69, 9.17) is 0 Å². The van der Waals surface area contributed by atoms with Crippen LogP contribution in [0.5, 0.6) is 0 Å². The SMILES string of the molecule is CC1CCCC1C(=O)c1c[nH]c2ncccc12. The van der Waals surface area contributed by atoms with E-state index < -0.39 is 0 Å². The van der Waals surface area contributed by atoms with Gasteiger partial charge in [0.15, 0.2) is 5.78 Å². The minimum atomic E-state index is 0.203. The van der Waals surface area contributed by atoms with Crippen molar-refractivity contribution in [1.29, 1.82) is 0 Å². The van der Waals surface area contributed by atoms with Crippen LogP contribution in [0.3, 0.4) is 0 Å². The van der Waals surface area contributed by atoms with Crippen LogP contribution >= 0.6 is 0 Å². The first-order valence-electron chi connectivity index (χ1n) is 6.23. The van der Waals surface area contributed by atoms with E-state index in [9.17, 15) is 4.79 Å². The zero-order valence-electron chi connectivity index (χ0n) is 9.94. The van der Waals surface area contributed by atoms with Gasteiger partial charge >= 0.3 is 0 Å². The summed E-state index contributed by atoms with van der Waals surface area (Å²) in [6.45, 7) is 2.18. The molecule has 3 rings (SSSR count). The van der Waals surface area contributed by atoms with Crippen LogP contribution in [0, 0.1) is 11.8 Å². The summed E-state index contributed by atoms with van der Waals surface area (Å²) >= 11 is 0. The monoisotopic (exact) mass is 228 g/mol. The Morgan fingerprint density at radius 3 is 3.12 bits per heavy atom. The second kappa shape index (κ2) is 3.99. The molecule has 0 saturated heterocycles. The molecule has 2 heterocycles. The first-order chi connectivity index (χ1) is 8.27. The summed E-state index contributed by atoms with van der Waals surface area (Å²) in [5, 5.41) is 0.955. The second-order valence-corrected chi connectivity index (χ2v) is 4.98. The standard InChI is InChI=1S/C14H16N2O/c1-9-4-2-5-10(9)13(17)12-8-16-14-11(12)6-3-7-15-14/h3,6-10H,2,4-5H2,1H3,(H,15,16). The summed E-state index contributed by atoms with van der Waals surface area (Å²) in [5.41, 5.74) is 1.62. The molecule has 3 nitrogen and oxygen atoms in total. The average molecular weight is 228 g/mol. The lowest BCUT2D eigenvalue weighted by atomic mass is 9.90. The summed E-state index contributed by atoms with van der Waals surface area (Å²) in [5.74, 6) is 1.01. The third-order valence-corrected chi connectivity index (χ3v) is 3.91. The fraction of sp³-hybridized carbons (Fsp3) is 0.429. The Balaban J connectivity index is 2.01. The number of carbonyl (C=O) groups excluding carboxylic acids is 1. The number of nitrogens with one attached hydrogen (secondary N) is 1. The number of hydrogen-bond donors (Lipinski definition) is 1. The number of nitrogens with zero attached hydrogens (tertiary/aromatic N) is 1. The Kier molecular flexibility index (Phi) is 2.46. The summed E-state index contributed by atoms with van der Waals surface area (Å²) in [7, 11) is 0. The Morgan fingerprint density at radius 1 is 1.47 bits per heavy atom. The number of H-pyrrole nitrogens is 1. The number of aromatic amines is 1. The topological polar surface area (TPSA) is 45.8 Å². The third-order valence-electron chi connectivity index (χ3n) is 3.91. The molecular weight excluding hydrogens is 212 g/mol. The van der Waals surface area contributed by atoms with Gasteiger partial charge in [-0.15, -0.1) is 0 Å². The van der Waals surface area contributed by atoms with Gasteiger partial charge in [-0.05, 0) is 30.9 Å². The highest BCUT2D eigenvalue weighted by Crippen LogP contribution is 2.34. The van der Waals surface area contributed by atoms with Gasteiger partial charge in [-0.3, -0.25) is 4.79 Å². The van der Waals surface area contributed by atoms with E-state index in [2.05, 4.69) is 16.9 Å². The number of Topliss-reactive ketones (excluding diaryl/α,β-unsaturated/α-hetero) is 1. The molecule has 88 valence electrons. The van der Waals surface area contributed by atoms with E-state index in [0.29, 0.717) is 5.92 Å². The molecule has 0 bridgehead atoms. The van der Waals surface area contributed by atoms with Crippen LogP contribution in [0.1, 0.15) is 36.5 Å². The molecule has 2 aromatic rings. The number of fused-ring (bicyclic) bond motifs is 1. The molecule has 2 aromatic heterocycles. The maximum atomic E-state index is 12.5. The maximum absolute atomic E-state index is 12.5. The molecule has 17 heavy (non-hydrogen) atoms. The van der Waals surface area contributed by atoms with Crippen molar-refractivity contribution < 1.29 is 4.79 Å². The largest absolute Gasteiger partial charge is 0.345 e. The Hall–Kier alpha value is -1.64. The molecule has 1 N–H and O–H groups in total. The highest BCUT2D eigenvalue weighted by Gasteiger charge is 2.31. The van der Waals surface area contributed by atoms with Crippen LogP contribution in [-0.4, -0.2) is 15.8 Å². The van der Waals surface area contributed by atoms with Gasteiger partial charge in [0.05, 0.1) is 0 Å². The summed E-state index contributed by atoms with van der Waals surface area (Å²) in [6.07, 6.45) is 6.94. The fourth-order valence-electron chi connectivity index (χ4n) is 2.89. The molecule has 0 spiro atoms. The zero-order chi connectivity index (χ0) is 11.8. The molecule has 2 unspecified atom stereocenters. The van der Waals surface area contributed by atoms with Crippen molar-refractivity contribution in [3.05, 3.63) is 30.1 Å². The van der Waals surface area contributed by atoms with Crippen molar-refractivity contribution in [2.24, 2.45) is 11.8 Å². The molecule has 0 amide bonds. The molecule has 1 aliphatic rings. The van der Waals surface area contributed by atoms with Crippen LogP contribution in [0.25, 0.3) is 11.0 Å². The first-order valence-corrected chi connectivity index (χ1v) is 6.23. The van der Waals surface area contributed by atoms with Crippen molar-refractivity contribution in [3.63, 3.8) is 0 Å². The van der Waals surface area contributed by atoms with Gasteiger partial charge in [-0.1, -0.05) is 13.3 Å². The predicted molar refractivity (Wildman–Crippen MR) is 66.9 cm³/mol. The Bertz CT molecular complexity index is 558. The van der Waals surface area contributed by atoms with Crippen molar-refractivity contribution >= 4 is 16.8 Å². The Labute approximate surface area is 100 Å². The molecule has 0 aliphatic heterocycles. The molecular formula is C14H16N2O. The van der Waals surface area contributed by atoms with Crippen LogP contribution in [0.15, 0.2) is 24.5 Å². The molecule has 1 fully saturated rings. The van der Waals surface area contributed by atoms with E-state index in [1.807, 2.05) is 18.3 Å². The van der Waals surface area contributed by atoms with E-state index in [1.165, 1.54) is 12.8 Å². The van der Waals surface area contributed by atoms with Gasteiger partial charge in [-0.25, -0.2) is 4.98 Å². The first kappa shape index (κ1) is 10.5. The normalized spacial score (nSPS) is 24.3. The third kappa shape index (κ3) is 1.66. The van der Waals surface area contributed by atoms with Crippen molar-refractivity contribution in [2.75, 3.05) is 0 Å². The number of ketones is 1. The van der Waals surface area contributed by atoms with Crippen molar-refractivity contribution in [2.45, 2.75) is 26.2 Å². The molecule has 1 saturated carbocycles. The number of aromatic nitrogens is 2. The van der Waals surface area contributed by atoms with Gasteiger partial charge in [0.1, 0.15) is 5.65 Å². The number of hydrogen-bond acceptors (Lipinski definition) is 2. The van der Waals surface area contributed by atoms with E-state index in [0.717, 1.165) is 23.0 Å². The van der Waals surface area contributed by atoms with E-state index >= 15 is 0 Å². The second-order valence-electron chi connectivity index (χ2n) is 4.98. The molecule has 2 atom stereocenters. The number of rotatable bonds is 2. The van der Waals surface area contributed by atoms with Crippen molar-refractivity contribution in [1.82, 2.24) is 9.97 Å². The zero-order valence-corrected chi connectivity index (χ0v) is 9.94. The highest BCUT2D eigenvalue weighted by atomic mass is 16.1. The lowest BCUT2D eigenvalue weighted by molar-refractivity contribution is 0.0899. The van der Waals surface area contributed by atoms with Crippen LogP contribution in [0.4, 0.5) is 0 Å². The average Bonchev–Trinajstić information content (AvgIpc) is 2.94. The lowest BCUT2D eigenvalue weighted by Crippen LogP contribution is -2.16. The van der Waals surface area contributed by atoms with E-state index in [-0.39, 0.29) is 11.7 Å². The molecule has 1 aliphatic carbocycles. The number of carbonyl (C=O) groups is 1. The maximum Gasteiger partial charge on any atom is 0.168 e. The minimum absolute atomic E-state index is 0.203. The fourth-order valence-corrected chi connectivity index (χ4v) is 2.89. The highest BCUT2D eigenvalue weighted by molar-refractivity contribution is 6.08. The van der Waals surface area contributed by atoms with Gasteiger partial charge in [0, 0.05) is 29.3 Å². The predicted octanol–water partition coefficient (Wildman–Crippen LogP) is 3.18. The van der Waals surface area contributed by atoms with Crippen LogP contribution < -0.4 is 0 Å². The van der Waals surface area contributed by atoms with Gasteiger partial charge in [0.25, 0.3) is 0 Å². The summed E-state index contributed by atoms with van der Waals surface area (Å²) < 4.78 is 0. The van der Waals surface area contributed by atoms with Crippen LogP contribution in [0.2, 0.25) is 0 Å². The van der Waals surface area contributed by atoms with Gasteiger partial charge in [0.2, 0.25) is 0 Å². The lowest BCUT2D eigenvalue weighted by Gasteiger charge is -2.12. The summed E-state index contributed by atoms with van der Waals surface area (Å²) in [4.78, 5) is 19.8. The van der Waals surface area contributed by atoms with Gasteiger partial charge < -0.3 is 4.98 Å².